The molecule has 1 N–H and O–H groups in total. The Bertz CT molecular complexity index is 581. The third kappa shape index (κ3) is 2.77. The Kier molecular flexibility index (Phi) is 3.66. The third-order valence-corrected chi connectivity index (χ3v) is 4.48. The van der Waals surface area contributed by atoms with E-state index in [0.717, 1.165) is 10.4 Å². The van der Waals surface area contributed by atoms with Crippen LogP contribution in [0.5, 0.6) is 0 Å². The standard InChI is InChI=1S/C12H9ClO2S2/c1-7-4-5-16-10(7)6-8(12(14)15)9-2-3-11(13)17-9/h2-6H,1H3,(H,14,15)/b8-6-. The summed E-state index contributed by atoms with van der Waals surface area (Å²) in [5.41, 5.74) is 1.36. The second kappa shape index (κ2) is 5.04. The Morgan fingerprint density at radius 3 is 2.65 bits per heavy atom. The van der Waals surface area contributed by atoms with Crippen LogP contribution in [0.1, 0.15) is 15.3 Å². The molecule has 2 aromatic heterocycles. The summed E-state index contributed by atoms with van der Waals surface area (Å²) in [7, 11) is 0. The van der Waals surface area contributed by atoms with Crippen molar-refractivity contribution in [3.8, 4) is 0 Å². The largest absolute Gasteiger partial charge is 0.478 e. The van der Waals surface area contributed by atoms with Gasteiger partial charge in [-0.05, 0) is 42.1 Å². The fourth-order valence-corrected chi connectivity index (χ4v) is 3.27. The monoisotopic (exact) mass is 284 g/mol. The molecule has 0 aromatic carbocycles. The number of halogens is 1. The molecule has 0 saturated carbocycles. The summed E-state index contributed by atoms with van der Waals surface area (Å²) in [4.78, 5) is 12.9. The van der Waals surface area contributed by atoms with E-state index in [4.69, 9.17) is 11.6 Å². The number of carboxylic acid groups (broad SMARTS) is 1. The first-order valence-corrected chi connectivity index (χ1v) is 6.90. The molecule has 0 fully saturated rings. The van der Waals surface area contributed by atoms with Crippen molar-refractivity contribution in [2.75, 3.05) is 0 Å². The van der Waals surface area contributed by atoms with E-state index < -0.39 is 5.97 Å². The SMILES string of the molecule is Cc1ccsc1/C=C(\C(=O)O)c1ccc(Cl)s1. The number of aryl methyl sites for hydroxylation is 1. The van der Waals surface area contributed by atoms with Gasteiger partial charge < -0.3 is 5.11 Å². The van der Waals surface area contributed by atoms with Crippen LogP contribution in [0.25, 0.3) is 11.6 Å². The molecule has 0 spiro atoms. The van der Waals surface area contributed by atoms with Crippen molar-refractivity contribution in [2.24, 2.45) is 0 Å². The highest BCUT2D eigenvalue weighted by atomic mass is 35.5. The van der Waals surface area contributed by atoms with Crippen molar-refractivity contribution in [3.63, 3.8) is 0 Å². The summed E-state index contributed by atoms with van der Waals surface area (Å²) in [6, 6.07) is 5.41. The first-order chi connectivity index (χ1) is 8.08. The highest BCUT2D eigenvalue weighted by Crippen LogP contribution is 2.30. The smallest absolute Gasteiger partial charge is 0.337 e. The zero-order valence-corrected chi connectivity index (χ0v) is 11.3. The Labute approximate surface area is 112 Å². The lowest BCUT2D eigenvalue weighted by Crippen LogP contribution is -1.97. The van der Waals surface area contributed by atoms with Crippen molar-refractivity contribution in [3.05, 3.63) is 43.2 Å². The van der Waals surface area contributed by atoms with Gasteiger partial charge in [0.15, 0.2) is 0 Å². The Morgan fingerprint density at radius 1 is 1.41 bits per heavy atom. The maximum absolute atomic E-state index is 11.2. The molecule has 0 bridgehead atoms. The van der Waals surface area contributed by atoms with Gasteiger partial charge in [0, 0.05) is 9.75 Å². The number of aliphatic carboxylic acids is 1. The van der Waals surface area contributed by atoms with Crippen LogP contribution in [0.3, 0.4) is 0 Å². The molecular formula is C12H9ClO2S2. The maximum Gasteiger partial charge on any atom is 0.337 e. The van der Waals surface area contributed by atoms with E-state index in [1.54, 1.807) is 18.2 Å². The average molecular weight is 285 g/mol. The Hall–Kier alpha value is -1.10. The zero-order valence-electron chi connectivity index (χ0n) is 8.94. The second-order valence-corrected chi connectivity index (χ2v) is 6.10. The minimum absolute atomic E-state index is 0.285. The Balaban J connectivity index is 2.47. The van der Waals surface area contributed by atoms with Crippen LogP contribution in [0.15, 0.2) is 23.6 Å². The second-order valence-electron chi connectivity index (χ2n) is 3.43. The minimum Gasteiger partial charge on any atom is -0.478 e. The molecule has 0 saturated heterocycles. The summed E-state index contributed by atoms with van der Waals surface area (Å²) < 4.78 is 0.593. The van der Waals surface area contributed by atoms with E-state index in [-0.39, 0.29) is 5.57 Å². The molecule has 0 atom stereocenters. The van der Waals surface area contributed by atoms with Gasteiger partial charge in [0.2, 0.25) is 0 Å². The predicted molar refractivity (Wildman–Crippen MR) is 73.9 cm³/mol. The molecule has 0 aliphatic heterocycles. The van der Waals surface area contributed by atoms with Gasteiger partial charge in [-0.2, -0.15) is 0 Å². The molecule has 0 amide bonds. The van der Waals surface area contributed by atoms with E-state index in [1.807, 2.05) is 18.4 Å². The molecule has 0 radical (unpaired) electrons. The number of carbonyl (C=O) groups is 1. The van der Waals surface area contributed by atoms with E-state index in [9.17, 15) is 9.90 Å². The molecule has 0 aliphatic carbocycles. The minimum atomic E-state index is -0.934. The van der Waals surface area contributed by atoms with Gasteiger partial charge in [-0.25, -0.2) is 4.79 Å². The lowest BCUT2D eigenvalue weighted by molar-refractivity contribution is -0.130. The number of thiophene rings is 2. The van der Waals surface area contributed by atoms with Crippen molar-refractivity contribution in [2.45, 2.75) is 6.92 Å². The molecule has 2 aromatic rings. The fourth-order valence-electron chi connectivity index (χ4n) is 1.36. The van der Waals surface area contributed by atoms with Crippen LogP contribution in [-0.4, -0.2) is 11.1 Å². The van der Waals surface area contributed by atoms with Gasteiger partial charge in [-0.3, -0.25) is 0 Å². The summed E-state index contributed by atoms with van der Waals surface area (Å²) >= 11 is 8.62. The van der Waals surface area contributed by atoms with Gasteiger partial charge in [0.1, 0.15) is 0 Å². The van der Waals surface area contributed by atoms with Crippen LogP contribution >= 0.6 is 34.3 Å². The number of hydrogen-bond donors (Lipinski definition) is 1. The van der Waals surface area contributed by atoms with Crippen LogP contribution < -0.4 is 0 Å². The molecule has 2 heterocycles. The quantitative estimate of drug-likeness (QED) is 0.849. The lowest BCUT2D eigenvalue weighted by atomic mass is 10.1. The number of hydrogen-bond acceptors (Lipinski definition) is 3. The van der Waals surface area contributed by atoms with E-state index in [2.05, 4.69) is 0 Å². The van der Waals surface area contributed by atoms with Crippen molar-refractivity contribution in [1.82, 2.24) is 0 Å². The van der Waals surface area contributed by atoms with Crippen LogP contribution in [0.4, 0.5) is 0 Å². The molecule has 17 heavy (non-hydrogen) atoms. The number of rotatable bonds is 3. The van der Waals surface area contributed by atoms with Crippen molar-refractivity contribution >= 4 is 51.9 Å². The topological polar surface area (TPSA) is 37.3 Å². The first-order valence-electron chi connectivity index (χ1n) is 4.82. The highest BCUT2D eigenvalue weighted by Gasteiger charge is 2.13. The van der Waals surface area contributed by atoms with Gasteiger partial charge in [0.25, 0.3) is 0 Å². The fraction of sp³-hybridized carbons (Fsp3) is 0.0833. The predicted octanol–water partition coefficient (Wildman–Crippen LogP) is 4.40. The number of carboxylic acids is 1. The van der Waals surface area contributed by atoms with Gasteiger partial charge >= 0.3 is 5.97 Å². The van der Waals surface area contributed by atoms with Crippen molar-refractivity contribution in [1.29, 1.82) is 0 Å². The van der Waals surface area contributed by atoms with Crippen LogP contribution in [0.2, 0.25) is 4.34 Å². The molecule has 0 aliphatic rings. The third-order valence-electron chi connectivity index (χ3n) is 2.25. The van der Waals surface area contributed by atoms with Crippen molar-refractivity contribution < 1.29 is 9.90 Å². The first kappa shape index (κ1) is 12.4. The molecule has 2 rings (SSSR count). The van der Waals surface area contributed by atoms with Gasteiger partial charge in [0.05, 0.1) is 9.91 Å². The van der Waals surface area contributed by atoms with Crippen LogP contribution in [0, 0.1) is 6.92 Å². The molecule has 2 nitrogen and oxygen atoms in total. The van der Waals surface area contributed by atoms with Gasteiger partial charge in [-0.15, -0.1) is 22.7 Å². The molecule has 0 unspecified atom stereocenters. The van der Waals surface area contributed by atoms with E-state index in [1.165, 1.54) is 22.7 Å². The molecule has 5 heteroatoms. The normalized spacial score (nSPS) is 11.8. The summed E-state index contributed by atoms with van der Waals surface area (Å²) in [6.45, 7) is 1.96. The van der Waals surface area contributed by atoms with Gasteiger partial charge in [-0.1, -0.05) is 11.6 Å². The van der Waals surface area contributed by atoms with E-state index >= 15 is 0 Å². The summed E-state index contributed by atoms with van der Waals surface area (Å²) in [5.74, 6) is -0.934. The van der Waals surface area contributed by atoms with E-state index in [0.29, 0.717) is 9.21 Å². The summed E-state index contributed by atoms with van der Waals surface area (Å²) in [5, 5.41) is 11.2. The maximum atomic E-state index is 11.2. The molecular weight excluding hydrogens is 276 g/mol. The summed E-state index contributed by atoms with van der Waals surface area (Å²) in [6.07, 6.45) is 1.70. The van der Waals surface area contributed by atoms with Crippen LogP contribution in [-0.2, 0) is 4.79 Å². The zero-order chi connectivity index (χ0) is 12.4. The average Bonchev–Trinajstić information content (AvgIpc) is 2.84. The molecule has 88 valence electrons. The highest BCUT2D eigenvalue weighted by molar-refractivity contribution is 7.17. The Morgan fingerprint density at radius 2 is 2.18 bits per heavy atom. The lowest BCUT2D eigenvalue weighted by Gasteiger charge is -1.98.